The minimum atomic E-state index is -0.940. The normalized spacial score (nSPS) is 22.1. The van der Waals surface area contributed by atoms with Gasteiger partial charge in [0.15, 0.2) is 0 Å². The molecule has 2 amide bonds. The van der Waals surface area contributed by atoms with Crippen LogP contribution in [0.25, 0.3) is 0 Å². The quantitative estimate of drug-likeness (QED) is 0.784. The molecule has 26 heavy (non-hydrogen) atoms. The van der Waals surface area contributed by atoms with Gasteiger partial charge in [0.2, 0.25) is 5.91 Å². The summed E-state index contributed by atoms with van der Waals surface area (Å²) < 4.78 is 5.18. The fourth-order valence-electron chi connectivity index (χ4n) is 3.95. The molecule has 2 saturated heterocycles. The van der Waals surface area contributed by atoms with Gasteiger partial charge >= 0.3 is 6.09 Å². The summed E-state index contributed by atoms with van der Waals surface area (Å²) in [7, 11) is 2.17. The number of nitrogens with one attached hydrogen (secondary N) is 1. The van der Waals surface area contributed by atoms with E-state index in [0.717, 1.165) is 31.8 Å². The first kappa shape index (κ1) is 21.0. The van der Waals surface area contributed by atoms with Crippen LogP contribution in [-0.4, -0.2) is 78.4 Å². The van der Waals surface area contributed by atoms with Gasteiger partial charge in [0, 0.05) is 13.1 Å². The number of aliphatic hydroxyl groups is 1. The lowest BCUT2D eigenvalue weighted by Crippen LogP contribution is -2.53. The van der Waals surface area contributed by atoms with Crippen LogP contribution >= 0.6 is 0 Å². The van der Waals surface area contributed by atoms with Crippen molar-refractivity contribution in [3.8, 4) is 0 Å². The zero-order valence-corrected chi connectivity index (χ0v) is 16.7. The monoisotopic (exact) mass is 369 g/mol. The summed E-state index contributed by atoms with van der Waals surface area (Å²) in [5.74, 6) is 1.22. The highest BCUT2D eigenvalue weighted by molar-refractivity contribution is 5.86. The van der Waals surface area contributed by atoms with E-state index in [4.69, 9.17) is 4.74 Å². The molecule has 7 heteroatoms. The Balaban J connectivity index is 1.81. The molecule has 2 fully saturated rings. The summed E-state index contributed by atoms with van der Waals surface area (Å²) in [6, 6.07) is -0.940. The molecule has 2 heterocycles. The highest BCUT2D eigenvalue weighted by Gasteiger charge is 2.33. The number of alkyl carbamates (subject to hydrolysis) is 1. The molecule has 0 saturated carbocycles. The van der Waals surface area contributed by atoms with E-state index in [1.165, 1.54) is 12.8 Å². The van der Waals surface area contributed by atoms with Crippen molar-refractivity contribution in [3.05, 3.63) is 0 Å². The lowest BCUT2D eigenvalue weighted by Gasteiger charge is -2.40. The number of carbonyl (C=O) groups is 2. The van der Waals surface area contributed by atoms with Crippen LogP contribution in [0.15, 0.2) is 0 Å². The number of carbonyl (C=O) groups excluding carboxylic acids is 2. The summed E-state index contributed by atoms with van der Waals surface area (Å²) in [5.41, 5.74) is -0.639. The minimum absolute atomic E-state index is 0.222. The number of piperidine rings is 2. The lowest BCUT2D eigenvalue weighted by atomic mass is 9.79. The van der Waals surface area contributed by atoms with Gasteiger partial charge in [0.1, 0.15) is 11.6 Å². The Morgan fingerprint density at radius 2 is 1.58 bits per heavy atom. The van der Waals surface area contributed by atoms with E-state index in [9.17, 15) is 14.7 Å². The average Bonchev–Trinajstić information content (AvgIpc) is 2.58. The Bertz CT molecular complexity index is 476. The Hall–Kier alpha value is -1.34. The number of likely N-dealkylation sites (tertiary alicyclic amines) is 2. The molecule has 0 aliphatic carbocycles. The SMILES string of the molecule is CN1CCC(C2CCN(C(=O)[C@@H](CO)NC(=O)OC(C)(C)C)CC2)CC1. The van der Waals surface area contributed by atoms with E-state index in [-0.39, 0.29) is 5.91 Å². The lowest BCUT2D eigenvalue weighted by molar-refractivity contribution is -0.136. The van der Waals surface area contributed by atoms with Crippen LogP contribution in [0, 0.1) is 11.8 Å². The van der Waals surface area contributed by atoms with Crippen LogP contribution in [-0.2, 0) is 9.53 Å². The Morgan fingerprint density at radius 1 is 1.08 bits per heavy atom. The fourth-order valence-corrected chi connectivity index (χ4v) is 3.95. The Kier molecular flexibility index (Phi) is 7.29. The summed E-state index contributed by atoms with van der Waals surface area (Å²) >= 11 is 0. The highest BCUT2D eigenvalue weighted by atomic mass is 16.6. The van der Waals surface area contributed by atoms with Gasteiger partial charge in [-0.3, -0.25) is 4.79 Å². The molecule has 0 aromatic heterocycles. The second-order valence-corrected chi connectivity index (χ2v) is 8.68. The van der Waals surface area contributed by atoms with Crippen LogP contribution in [0.3, 0.4) is 0 Å². The first-order chi connectivity index (χ1) is 12.2. The first-order valence-electron chi connectivity index (χ1n) is 9.77. The maximum atomic E-state index is 12.6. The summed E-state index contributed by atoms with van der Waals surface area (Å²) in [4.78, 5) is 28.7. The Morgan fingerprint density at radius 3 is 2.04 bits per heavy atom. The molecule has 2 N–H and O–H groups in total. The van der Waals surface area contributed by atoms with Crippen molar-refractivity contribution in [2.75, 3.05) is 39.8 Å². The van der Waals surface area contributed by atoms with Crippen molar-refractivity contribution >= 4 is 12.0 Å². The van der Waals surface area contributed by atoms with Crippen molar-refractivity contribution in [1.29, 1.82) is 0 Å². The molecule has 0 unspecified atom stereocenters. The molecule has 150 valence electrons. The van der Waals surface area contributed by atoms with Crippen LogP contribution in [0.4, 0.5) is 4.79 Å². The summed E-state index contributed by atoms with van der Waals surface area (Å²) in [6.45, 7) is 8.58. The van der Waals surface area contributed by atoms with Gasteiger partial charge in [-0.2, -0.15) is 0 Å². The number of hydrogen-bond acceptors (Lipinski definition) is 5. The topological polar surface area (TPSA) is 82.1 Å². The van der Waals surface area contributed by atoms with Gasteiger partial charge in [-0.05, 0) is 78.4 Å². The van der Waals surface area contributed by atoms with Crippen LogP contribution in [0.1, 0.15) is 46.5 Å². The average molecular weight is 370 g/mol. The molecule has 0 aromatic carbocycles. The first-order valence-corrected chi connectivity index (χ1v) is 9.77. The molecule has 2 rings (SSSR count). The van der Waals surface area contributed by atoms with Gasteiger partial charge in [-0.1, -0.05) is 0 Å². The standard InChI is InChI=1S/C19H35N3O4/c1-19(2,3)26-18(25)20-16(13-23)17(24)22-11-7-15(8-12-22)14-5-9-21(4)10-6-14/h14-16,23H,5-13H2,1-4H3,(H,20,25)/t16-/m1/s1. The Labute approximate surface area is 157 Å². The van der Waals surface area contributed by atoms with Gasteiger partial charge in [0.05, 0.1) is 6.61 Å². The van der Waals surface area contributed by atoms with E-state index in [2.05, 4.69) is 17.3 Å². The van der Waals surface area contributed by atoms with Crippen molar-refractivity contribution in [3.63, 3.8) is 0 Å². The van der Waals surface area contributed by atoms with E-state index >= 15 is 0 Å². The number of nitrogens with zero attached hydrogens (tertiary/aromatic N) is 2. The molecule has 0 aromatic rings. The van der Waals surface area contributed by atoms with E-state index in [0.29, 0.717) is 19.0 Å². The molecular weight excluding hydrogens is 334 g/mol. The van der Waals surface area contributed by atoms with Crippen LogP contribution in [0.2, 0.25) is 0 Å². The van der Waals surface area contributed by atoms with Crippen LogP contribution < -0.4 is 5.32 Å². The van der Waals surface area contributed by atoms with E-state index < -0.39 is 24.3 Å². The van der Waals surface area contributed by atoms with Crippen molar-refractivity contribution < 1.29 is 19.4 Å². The van der Waals surface area contributed by atoms with Crippen molar-refractivity contribution in [2.45, 2.75) is 58.1 Å². The van der Waals surface area contributed by atoms with Gasteiger partial charge in [-0.25, -0.2) is 4.79 Å². The predicted molar refractivity (Wildman–Crippen MR) is 99.8 cm³/mol. The van der Waals surface area contributed by atoms with E-state index in [1.807, 2.05) is 0 Å². The molecule has 0 radical (unpaired) electrons. The molecule has 0 spiro atoms. The van der Waals surface area contributed by atoms with Crippen molar-refractivity contribution in [2.24, 2.45) is 11.8 Å². The number of rotatable bonds is 4. The molecule has 7 nitrogen and oxygen atoms in total. The number of aliphatic hydroxyl groups excluding tert-OH is 1. The second kappa shape index (κ2) is 9.04. The van der Waals surface area contributed by atoms with Crippen molar-refractivity contribution in [1.82, 2.24) is 15.1 Å². The zero-order valence-electron chi connectivity index (χ0n) is 16.7. The largest absolute Gasteiger partial charge is 0.444 e. The maximum absolute atomic E-state index is 12.6. The molecular formula is C19H35N3O4. The molecule has 2 aliphatic heterocycles. The van der Waals surface area contributed by atoms with Gasteiger partial charge < -0.3 is 25.0 Å². The number of hydrogen-bond donors (Lipinski definition) is 2. The molecule has 1 atom stereocenters. The third-order valence-electron chi connectivity index (χ3n) is 5.45. The van der Waals surface area contributed by atoms with E-state index in [1.54, 1.807) is 25.7 Å². The highest BCUT2D eigenvalue weighted by Crippen LogP contribution is 2.32. The predicted octanol–water partition coefficient (Wildman–Crippen LogP) is 1.45. The fraction of sp³-hybridized carbons (Fsp3) is 0.895. The molecule has 0 bridgehead atoms. The number of ether oxygens (including phenoxy) is 1. The van der Waals surface area contributed by atoms with Crippen LogP contribution in [0.5, 0.6) is 0 Å². The maximum Gasteiger partial charge on any atom is 0.408 e. The summed E-state index contributed by atoms with van der Waals surface area (Å²) in [6.07, 6.45) is 3.82. The van der Waals surface area contributed by atoms with Gasteiger partial charge in [-0.15, -0.1) is 0 Å². The number of amides is 2. The second-order valence-electron chi connectivity index (χ2n) is 8.68. The van der Waals surface area contributed by atoms with Gasteiger partial charge in [0.25, 0.3) is 0 Å². The third kappa shape index (κ3) is 6.13. The zero-order chi connectivity index (χ0) is 19.3. The third-order valence-corrected chi connectivity index (χ3v) is 5.45. The molecule has 2 aliphatic rings. The summed E-state index contributed by atoms with van der Waals surface area (Å²) in [5, 5.41) is 12.0. The minimum Gasteiger partial charge on any atom is -0.444 e. The smallest absolute Gasteiger partial charge is 0.408 e.